The van der Waals surface area contributed by atoms with Crippen molar-refractivity contribution in [3.05, 3.63) is 34.9 Å². The maximum Gasteiger partial charge on any atom is 0.320 e. The normalized spacial score (nSPS) is 16.8. The summed E-state index contributed by atoms with van der Waals surface area (Å²) in [5, 5.41) is 8.73. The van der Waals surface area contributed by atoms with Crippen molar-refractivity contribution >= 4 is 26.2 Å². The zero-order valence-corrected chi connectivity index (χ0v) is 13.5. The number of hydrogen-bond acceptors (Lipinski definition) is 6. The number of hydrogen-bond donors (Lipinski definition) is 4. The highest BCUT2D eigenvalue weighted by Gasteiger charge is 2.20. The average molecular weight is 367 g/mol. The minimum atomic E-state index is -4.47. The third-order valence-electron chi connectivity index (χ3n) is 3.02. The first-order chi connectivity index (χ1) is 10.4. The molecule has 130 valence electrons. The molecule has 0 amide bonds. The topological polar surface area (TPSA) is 172 Å². The van der Waals surface area contributed by atoms with Crippen molar-refractivity contribution in [3.63, 3.8) is 0 Å². The molecule has 0 bridgehead atoms. The molecule has 0 aromatic carbocycles. The molecule has 1 aliphatic rings. The van der Waals surface area contributed by atoms with Crippen molar-refractivity contribution in [1.29, 1.82) is 0 Å². The molecule has 23 heavy (non-hydrogen) atoms. The van der Waals surface area contributed by atoms with Gasteiger partial charge >= 0.3 is 5.97 Å². The molecule has 9 nitrogen and oxygen atoms in total. The molecule has 0 radical (unpaired) electrons. The number of aliphatic carboxylic acids is 1. The van der Waals surface area contributed by atoms with E-state index in [1.54, 1.807) is 6.08 Å². The Morgan fingerprint density at radius 2 is 1.65 bits per heavy atom. The van der Waals surface area contributed by atoms with Crippen LogP contribution in [0.15, 0.2) is 34.9 Å². The summed E-state index contributed by atoms with van der Waals surface area (Å²) in [5.74, 6) is -3.02. The van der Waals surface area contributed by atoms with Gasteiger partial charge in [0.2, 0.25) is 0 Å². The van der Waals surface area contributed by atoms with Gasteiger partial charge in [-0.15, -0.1) is 0 Å². The van der Waals surface area contributed by atoms with Crippen LogP contribution in [0, 0.1) is 0 Å². The van der Waals surface area contributed by atoms with Gasteiger partial charge in [-0.1, -0.05) is 18.2 Å². The quantitative estimate of drug-likeness (QED) is 0.442. The second kappa shape index (κ2) is 7.36. The Kier molecular flexibility index (Phi) is 6.25. The van der Waals surface area contributed by atoms with Gasteiger partial charge in [0.05, 0.1) is 11.5 Å². The average Bonchev–Trinajstić information content (AvgIpc) is 2.35. The van der Waals surface area contributed by atoms with Crippen molar-refractivity contribution in [1.82, 2.24) is 0 Å². The fourth-order valence-corrected chi connectivity index (χ4v) is 3.59. The Labute approximate surface area is 133 Å². The van der Waals surface area contributed by atoms with Crippen LogP contribution in [-0.4, -0.2) is 54.6 Å². The Hall–Kier alpha value is -1.53. The molecule has 1 aliphatic carbocycles. The summed E-state index contributed by atoms with van der Waals surface area (Å²) in [6.45, 7) is 0. The second-order valence-corrected chi connectivity index (χ2v) is 7.95. The van der Waals surface area contributed by atoms with Gasteiger partial charge in [0.25, 0.3) is 20.2 Å². The van der Waals surface area contributed by atoms with Crippen molar-refractivity contribution in [2.24, 2.45) is 5.73 Å². The summed E-state index contributed by atoms with van der Waals surface area (Å²) >= 11 is 0. The smallest absolute Gasteiger partial charge is 0.320 e. The van der Waals surface area contributed by atoms with Crippen LogP contribution >= 0.6 is 0 Å². The molecule has 0 aliphatic heterocycles. The second-order valence-electron chi connectivity index (χ2n) is 5.05. The SMILES string of the molecule is NC(CC1=CCC(=C(CS(=O)(=O)O)CS(=O)(=O)O)C=C1)C(=O)O. The van der Waals surface area contributed by atoms with Crippen LogP contribution < -0.4 is 5.73 Å². The third kappa shape index (κ3) is 7.52. The molecule has 0 fully saturated rings. The Morgan fingerprint density at radius 1 is 1.13 bits per heavy atom. The minimum Gasteiger partial charge on any atom is -0.480 e. The molecule has 5 N–H and O–H groups in total. The molecule has 0 aromatic heterocycles. The predicted octanol–water partition coefficient (Wildman–Crippen LogP) is -0.253. The van der Waals surface area contributed by atoms with Crippen molar-refractivity contribution in [3.8, 4) is 0 Å². The summed E-state index contributed by atoms with van der Waals surface area (Å²) in [5.41, 5.74) is 6.13. The summed E-state index contributed by atoms with van der Waals surface area (Å²) < 4.78 is 61.7. The van der Waals surface area contributed by atoms with Gasteiger partial charge < -0.3 is 10.8 Å². The Bertz CT molecular complexity index is 738. The zero-order valence-electron chi connectivity index (χ0n) is 11.9. The summed E-state index contributed by atoms with van der Waals surface area (Å²) in [6, 6.07) is -1.09. The highest BCUT2D eigenvalue weighted by Crippen LogP contribution is 2.23. The molecular formula is C12H17NO8S2. The number of nitrogens with two attached hydrogens (primary N) is 1. The van der Waals surface area contributed by atoms with E-state index in [-0.39, 0.29) is 18.4 Å². The molecule has 0 saturated carbocycles. The van der Waals surface area contributed by atoms with Crippen LogP contribution in [0.3, 0.4) is 0 Å². The summed E-state index contributed by atoms with van der Waals surface area (Å²) in [4.78, 5) is 10.7. The van der Waals surface area contributed by atoms with E-state index in [4.69, 9.17) is 19.9 Å². The van der Waals surface area contributed by atoms with E-state index in [1.807, 2.05) is 0 Å². The highest BCUT2D eigenvalue weighted by molar-refractivity contribution is 7.87. The molecule has 0 spiro atoms. The first kappa shape index (κ1) is 19.5. The number of carbonyl (C=O) groups is 1. The van der Waals surface area contributed by atoms with E-state index < -0.39 is 43.8 Å². The van der Waals surface area contributed by atoms with E-state index in [0.29, 0.717) is 11.1 Å². The number of allylic oxidation sites excluding steroid dienone is 4. The third-order valence-corrected chi connectivity index (χ3v) is 4.45. The maximum absolute atomic E-state index is 11.0. The van der Waals surface area contributed by atoms with E-state index in [0.717, 1.165) is 0 Å². The van der Waals surface area contributed by atoms with Gasteiger partial charge in [0.1, 0.15) is 6.04 Å². The van der Waals surface area contributed by atoms with E-state index >= 15 is 0 Å². The predicted molar refractivity (Wildman–Crippen MR) is 81.9 cm³/mol. The van der Waals surface area contributed by atoms with Gasteiger partial charge in [-0.25, -0.2) is 0 Å². The molecule has 0 aromatic rings. The van der Waals surface area contributed by atoms with Crippen LogP contribution in [0.5, 0.6) is 0 Å². The maximum atomic E-state index is 11.0. The van der Waals surface area contributed by atoms with Gasteiger partial charge in [-0.2, -0.15) is 16.8 Å². The van der Waals surface area contributed by atoms with Crippen molar-refractivity contribution < 1.29 is 35.8 Å². The number of carboxylic acid groups (broad SMARTS) is 1. The minimum absolute atomic E-state index is 0.0606. The van der Waals surface area contributed by atoms with E-state index in [1.165, 1.54) is 12.2 Å². The molecule has 0 heterocycles. The van der Waals surface area contributed by atoms with E-state index in [9.17, 15) is 21.6 Å². The van der Waals surface area contributed by atoms with Gasteiger partial charge in [-0.3, -0.25) is 13.9 Å². The molecule has 0 saturated heterocycles. The van der Waals surface area contributed by atoms with E-state index in [2.05, 4.69) is 0 Å². The van der Waals surface area contributed by atoms with Crippen LogP contribution in [0.1, 0.15) is 12.8 Å². The lowest BCUT2D eigenvalue weighted by Gasteiger charge is -2.15. The Balaban J connectivity index is 3.01. The Morgan fingerprint density at radius 3 is 2.00 bits per heavy atom. The first-order valence-electron chi connectivity index (χ1n) is 6.34. The van der Waals surface area contributed by atoms with Crippen LogP contribution in [0.25, 0.3) is 0 Å². The molecule has 1 unspecified atom stereocenters. The van der Waals surface area contributed by atoms with Crippen molar-refractivity contribution in [2.45, 2.75) is 18.9 Å². The lowest BCUT2D eigenvalue weighted by molar-refractivity contribution is -0.138. The molecule has 11 heteroatoms. The van der Waals surface area contributed by atoms with Gasteiger partial charge in [-0.05, 0) is 29.6 Å². The lowest BCUT2D eigenvalue weighted by Crippen LogP contribution is -2.30. The molecule has 1 rings (SSSR count). The van der Waals surface area contributed by atoms with Crippen LogP contribution in [-0.2, 0) is 25.0 Å². The van der Waals surface area contributed by atoms with Gasteiger partial charge in [0.15, 0.2) is 0 Å². The molecular weight excluding hydrogens is 350 g/mol. The number of carboxylic acids is 1. The van der Waals surface area contributed by atoms with Crippen molar-refractivity contribution in [2.75, 3.05) is 11.5 Å². The fraction of sp³-hybridized carbons (Fsp3) is 0.417. The summed E-state index contributed by atoms with van der Waals surface area (Å²) in [6.07, 6.45) is 4.65. The van der Waals surface area contributed by atoms with Gasteiger partial charge in [0, 0.05) is 0 Å². The summed E-state index contributed by atoms with van der Waals surface area (Å²) in [7, 11) is -8.95. The largest absolute Gasteiger partial charge is 0.480 e. The highest BCUT2D eigenvalue weighted by atomic mass is 32.2. The monoisotopic (exact) mass is 367 g/mol. The zero-order chi connectivity index (χ0) is 17.8. The standard InChI is InChI=1S/C12H17NO8S2/c13-11(12(14)15)5-8-1-3-9(4-2-8)10(6-22(16,17)18)7-23(19,20)21/h1-3,11H,4-7,13H2,(H,14,15)(H,16,17,18)(H,19,20,21). The lowest BCUT2D eigenvalue weighted by atomic mass is 9.95. The molecule has 1 atom stereocenters. The first-order valence-corrected chi connectivity index (χ1v) is 9.56. The number of rotatable bonds is 7. The van der Waals surface area contributed by atoms with Crippen LogP contribution in [0.4, 0.5) is 0 Å². The van der Waals surface area contributed by atoms with Crippen LogP contribution in [0.2, 0.25) is 0 Å². The fourth-order valence-electron chi connectivity index (χ4n) is 2.01.